The molecule has 2 rings (SSSR count). The quantitative estimate of drug-likeness (QED) is 0.912. The maximum Gasteiger partial charge on any atom is 0.256 e. The molecule has 2 N–H and O–H groups in total. The van der Waals surface area contributed by atoms with Gasteiger partial charge in [-0.05, 0) is 37.4 Å². The first-order valence-electron chi connectivity index (χ1n) is 6.20. The molecule has 2 amide bonds. The maximum atomic E-state index is 12.2. The van der Waals surface area contributed by atoms with Crippen molar-refractivity contribution in [1.82, 2.24) is 5.32 Å². The Hall–Kier alpha value is -2.14. The molecule has 0 fully saturated rings. The number of nitrogens with one attached hydrogen (secondary N) is 2. The fourth-order valence-electron chi connectivity index (χ4n) is 2.00. The average Bonchev–Trinajstić information content (AvgIpc) is 2.84. The summed E-state index contributed by atoms with van der Waals surface area (Å²) < 4.78 is 0. The van der Waals surface area contributed by atoms with E-state index >= 15 is 0 Å². The third kappa shape index (κ3) is 3.05. The summed E-state index contributed by atoms with van der Waals surface area (Å²) in [4.78, 5) is 23.9. The highest BCUT2D eigenvalue weighted by Gasteiger charge is 2.15. The van der Waals surface area contributed by atoms with Crippen molar-refractivity contribution in [3.63, 3.8) is 0 Å². The van der Waals surface area contributed by atoms with Gasteiger partial charge in [-0.25, -0.2) is 0 Å². The topological polar surface area (TPSA) is 58.2 Å². The van der Waals surface area contributed by atoms with E-state index in [-0.39, 0.29) is 11.8 Å². The van der Waals surface area contributed by atoms with Gasteiger partial charge in [0.25, 0.3) is 11.8 Å². The lowest BCUT2D eigenvalue weighted by molar-refractivity contribution is 0.0964. The van der Waals surface area contributed by atoms with Gasteiger partial charge >= 0.3 is 0 Å². The molecule has 0 radical (unpaired) electrons. The number of hydrogen-bond donors (Lipinski definition) is 2. The molecule has 0 saturated heterocycles. The number of carbonyl (C=O) groups excluding carboxylic acids is 2. The van der Waals surface area contributed by atoms with E-state index in [0.29, 0.717) is 16.1 Å². The van der Waals surface area contributed by atoms with Crippen LogP contribution in [0.1, 0.15) is 31.8 Å². The van der Waals surface area contributed by atoms with Gasteiger partial charge in [-0.2, -0.15) is 0 Å². The van der Waals surface area contributed by atoms with Gasteiger partial charge in [0.15, 0.2) is 0 Å². The smallest absolute Gasteiger partial charge is 0.256 e. The third-order valence-electron chi connectivity index (χ3n) is 2.85. The van der Waals surface area contributed by atoms with E-state index in [9.17, 15) is 9.59 Å². The van der Waals surface area contributed by atoms with E-state index in [1.165, 1.54) is 11.3 Å². The van der Waals surface area contributed by atoms with Crippen molar-refractivity contribution >= 4 is 28.2 Å². The highest BCUT2D eigenvalue weighted by atomic mass is 32.1. The van der Waals surface area contributed by atoms with Crippen molar-refractivity contribution in [2.75, 3.05) is 12.4 Å². The van der Waals surface area contributed by atoms with Crippen LogP contribution in [-0.2, 0) is 0 Å². The second-order valence-electron chi connectivity index (χ2n) is 4.57. The van der Waals surface area contributed by atoms with Crippen LogP contribution in [-0.4, -0.2) is 18.9 Å². The number of hydrogen-bond acceptors (Lipinski definition) is 3. The predicted octanol–water partition coefficient (Wildman–Crippen LogP) is 2.98. The average molecular weight is 288 g/mol. The Morgan fingerprint density at radius 1 is 1.05 bits per heavy atom. The zero-order valence-electron chi connectivity index (χ0n) is 11.6. The highest BCUT2D eigenvalue weighted by Crippen LogP contribution is 2.24. The van der Waals surface area contributed by atoms with E-state index in [1.807, 2.05) is 32.0 Å². The Bertz CT molecular complexity index is 641. The van der Waals surface area contributed by atoms with Gasteiger partial charge in [0.2, 0.25) is 0 Å². The molecule has 0 spiro atoms. The van der Waals surface area contributed by atoms with Gasteiger partial charge in [0.05, 0.1) is 5.56 Å². The molecule has 1 heterocycles. The lowest BCUT2D eigenvalue weighted by Crippen LogP contribution is -2.20. The summed E-state index contributed by atoms with van der Waals surface area (Å²) in [5.41, 5.74) is 3.15. The van der Waals surface area contributed by atoms with Gasteiger partial charge < -0.3 is 10.6 Å². The molecule has 1 aromatic heterocycles. The van der Waals surface area contributed by atoms with Crippen LogP contribution in [0.25, 0.3) is 0 Å². The summed E-state index contributed by atoms with van der Waals surface area (Å²) in [7, 11) is 1.56. The van der Waals surface area contributed by atoms with Crippen molar-refractivity contribution in [2.45, 2.75) is 13.8 Å². The van der Waals surface area contributed by atoms with E-state index < -0.39 is 0 Å². The SMILES string of the molecule is CNC(=O)c1ccsc1NC(=O)c1cc(C)cc(C)c1. The third-order valence-corrected chi connectivity index (χ3v) is 3.68. The first-order valence-corrected chi connectivity index (χ1v) is 7.08. The van der Waals surface area contributed by atoms with E-state index in [2.05, 4.69) is 10.6 Å². The second-order valence-corrected chi connectivity index (χ2v) is 5.49. The van der Waals surface area contributed by atoms with Crippen molar-refractivity contribution in [1.29, 1.82) is 0 Å². The summed E-state index contributed by atoms with van der Waals surface area (Å²) in [6, 6.07) is 7.36. The van der Waals surface area contributed by atoms with Gasteiger partial charge in [-0.3, -0.25) is 9.59 Å². The van der Waals surface area contributed by atoms with Crippen molar-refractivity contribution in [3.8, 4) is 0 Å². The molecule has 0 unspecified atom stereocenters. The number of anilines is 1. The van der Waals surface area contributed by atoms with E-state index in [1.54, 1.807) is 18.5 Å². The molecule has 0 aliphatic heterocycles. The molecule has 1 aromatic carbocycles. The molecule has 0 atom stereocenters. The number of benzene rings is 1. The normalized spacial score (nSPS) is 10.2. The van der Waals surface area contributed by atoms with Crippen LogP contribution in [0.4, 0.5) is 5.00 Å². The molecular weight excluding hydrogens is 272 g/mol. The number of amides is 2. The van der Waals surface area contributed by atoms with Crippen LogP contribution < -0.4 is 10.6 Å². The zero-order chi connectivity index (χ0) is 14.7. The van der Waals surface area contributed by atoms with Gasteiger partial charge in [0.1, 0.15) is 5.00 Å². The van der Waals surface area contributed by atoms with Crippen LogP contribution >= 0.6 is 11.3 Å². The van der Waals surface area contributed by atoms with E-state index in [0.717, 1.165) is 11.1 Å². The van der Waals surface area contributed by atoms with Crippen molar-refractivity contribution in [3.05, 3.63) is 51.9 Å². The summed E-state index contributed by atoms with van der Waals surface area (Å²) in [6.07, 6.45) is 0. The van der Waals surface area contributed by atoms with E-state index in [4.69, 9.17) is 0 Å². The Morgan fingerprint density at radius 3 is 2.30 bits per heavy atom. The maximum absolute atomic E-state index is 12.2. The number of aryl methyl sites for hydroxylation is 2. The summed E-state index contributed by atoms with van der Waals surface area (Å²) in [6.45, 7) is 3.90. The number of rotatable bonds is 3. The molecule has 5 heteroatoms. The second kappa shape index (κ2) is 5.88. The minimum Gasteiger partial charge on any atom is -0.355 e. The lowest BCUT2D eigenvalue weighted by Gasteiger charge is -2.07. The molecule has 104 valence electrons. The van der Waals surface area contributed by atoms with Crippen LogP contribution in [0.3, 0.4) is 0 Å². The summed E-state index contributed by atoms with van der Waals surface area (Å²) >= 11 is 1.33. The number of carbonyl (C=O) groups is 2. The van der Waals surface area contributed by atoms with Crippen LogP contribution in [0.15, 0.2) is 29.6 Å². The summed E-state index contributed by atoms with van der Waals surface area (Å²) in [5.74, 6) is -0.411. The van der Waals surface area contributed by atoms with Crippen LogP contribution in [0.2, 0.25) is 0 Å². The fourth-order valence-corrected chi connectivity index (χ4v) is 2.78. The molecule has 0 aliphatic rings. The molecule has 0 bridgehead atoms. The highest BCUT2D eigenvalue weighted by molar-refractivity contribution is 7.14. The van der Waals surface area contributed by atoms with Gasteiger partial charge in [0, 0.05) is 12.6 Å². The predicted molar refractivity (Wildman–Crippen MR) is 81.6 cm³/mol. The zero-order valence-corrected chi connectivity index (χ0v) is 12.4. The van der Waals surface area contributed by atoms with Crippen LogP contribution in [0.5, 0.6) is 0 Å². The minimum atomic E-state index is -0.207. The Labute approximate surface area is 121 Å². The lowest BCUT2D eigenvalue weighted by atomic mass is 10.1. The minimum absolute atomic E-state index is 0.204. The van der Waals surface area contributed by atoms with Crippen molar-refractivity contribution in [2.24, 2.45) is 0 Å². The largest absolute Gasteiger partial charge is 0.355 e. The molecule has 0 aliphatic carbocycles. The molecule has 0 saturated carbocycles. The van der Waals surface area contributed by atoms with Gasteiger partial charge in [-0.1, -0.05) is 17.2 Å². The van der Waals surface area contributed by atoms with Crippen LogP contribution in [0, 0.1) is 13.8 Å². The molecule has 4 nitrogen and oxygen atoms in total. The number of thiophene rings is 1. The Kier molecular flexibility index (Phi) is 4.20. The standard InChI is InChI=1S/C15H16N2O2S/c1-9-6-10(2)8-11(7-9)13(18)17-15-12(4-5-20-15)14(19)16-3/h4-8H,1-3H3,(H,16,19)(H,17,18). The first kappa shape index (κ1) is 14.3. The van der Waals surface area contributed by atoms with Crippen molar-refractivity contribution < 1.29 is 9.59 Å². The monoisotopic (exact) mass is 288 g/mol. The fraction of sp³-hybridized carbons (Fsp3) is 0.200. The Morgan fingerprint density at radius 2 is 1.70 bits per heavy atom. The molecule has 2 aromatic rings. The summed E-state index contributed by atoms with van der Waals surface area (Å²) in [5, 5.41) is 7.69. The Balaban J connectivity index is 2.24. The molecular formula is C15H16N2O2S. The first-order chi connectivity index (χ1) is 9.51. The molecule has 20 heavy (non-hydrogen) atoms. The van der Waals surface area contributed by atoms with Gasteiger partial charge in [-0.15, -0.1) is 11.3 Å².